The smallest absolute Gasteiger partial charge is 0.338 e. The number of nitrogens with zero attached hydrogens (tertiary/aromatic N) is 1. The first kappa shape index (κ1) is 17.0. The SMILES string of the molecule is COc1cc(OC)cc(C(=O)OCc2csc(-c3ccccc3)n2)c1. The maximum absolute atomic E-state index is 12.3. The molecular formula is C19H17NO4S. The van der Waals surface area contributed by atoms with Crippen LogP contribution in [0.1, 0.15) is 16.1 Å². The van der Waals surface area contributed by atoms with Gasteiger partial charge in [0.25, 0.3) is 0 Å². The van der Waals surface area contributed by atoms with Crippen molar-refractivity contribution in [3.63, 3.8) is 0 Å². The Morgan fingerprint density at radius 1 is 1.04 bits per heavy atom. The van der Waals surface area contributed by atoms with Crippen molar-refractivity contribution in [2.75, 3.05) is 14.2 Å². The molecule has 6 heteroatoms. The van der Waals surface area contributed by atoms with E-state index in [1.165, 1.54) is 25.6 Å². The number of rotatable bonds is 6. The summed E-state index contributed by atoms with van der Waals surface area (Å²) in [6.07, 6.45) is 0. The summed E-state index contributed by atoms with van der Waals surface area (Å²) in [7, 11) is 3.06. The number of carbonyl (C=O) groups excluding carboxylic acids is 1. The Morgan fingerprint density at radius 3 is 2.36 bits per heavy atom. The molecule has 5 nitrogen and oxygen atoms in total. The fourth-order valence-corrected chi connectivity index (χ4v) is 3.05. The molecule has 0 saturated carbocycles. The van der Waals surface area contributed by atoms with Gasteiger partial charge in [0.15, 0.2) is 0 Å². The van der Waals surface area contributed by atoms with Gasteiger partial charge in [-0.15, -0.1) is 11.3 Å². The molecule has 2 aromatic carbocycles. The summed E-state index contributed by atoms with van der Waals surface area (Å²) in [5.41, 5.74) is 2.13. The normalized spacial score (nSPS) is 10.3. The van der Waals surface area contributed by atoms with Crippen LogP contribution in [-0.4, -0.2) is 25.2 Å². The molecule has 0 aliphatic heterocycles. The number of benzene rings is 2. The second-order valence-corrected chi connectivity index (χ2v) is 6.05. The quantitative estimate of drug-likeness (QED) is 0.621. The number of hydrogen-bond acceptors (Lipinski definition) is 6. The standard InChI is InChI=1S/C19H17NO4S/c1-22-16-8-14(9-17(10-16)23-2)19(21)24-11-15-12-25-18(20-15)13-6-4-3-5-7-13/h3-10,12H,11H2,1-2H3. The first-order valence-electron chi connectivity index (χ1n) is 7.59. The van der Waals surface area contributed by atoms with E-state index in [0.29, 0.717) is 22.8 Å². The largest absolute Gasteiger partial charge is 0.497 e. The van der Waals surface area contributed by atoms with Crippen LogP contribution in [0.2, 0.25) is 0 Å². The Morgan fingerprint density at radius 2 is 1.72 bits per heavy atom. The summed E-state index contributed by atoms with van der Waals surface area (Å²) >= 11 is 1.52. The fourth-order valence-electron chi connectivity index (χ4n) is 2.23. The number of thiazole rings is 1. The molecule has 0 bridgehead atoms. The summed E-state index contributed by atoms with van der Waals surface area (Å²) in [4.78, 5) is 16.8. The van der Waals surface area contributed by atoms with Gasteiger partial charge in [0.1, 0.15) is 23.1 Å². The van der Waals surface area contributed by atoms with Crippen LogP contribution in [-0.2, 0) is 11.3 Å². The minimum absolute atomic E-state index is 0.113. The van der Waals surface area contributed by atoms with Gasteiger partial charge in [0.05, 0.1) is 25.5 Å². The number of ether oxygens (including phenoxy) is 3. The molecule has 0 radical (unpaired) electrons. The summed E-state index contributed by atoms with van der Waals surface area (Å²) in [5, 5.41) is 2.79. The molecule has 0 amide bonds. The first-order valence-corrected chi connectivity index (χ1v) is 8.47. The zero-order valence-corrected chi connectivity index (χ0v) is 14.7. The van der Waals surface area contributed by atoms with E-state index >= 15 is 0 Å². The van der Waals surface area contributed by atoms with Gasteiger partial charge < -0.3 is 14.2 Å². The molecule has 0 fully saturated rings. The maximum Gasteiger partial charge on any atom is 0.338 e. The monoisotopic (exact) mass is 355 g/mol. The Kier molecular flexibility index (Phi) is 5.30. The van der Waals surface area contributed by atoms with Crippen LogP contribution in [0.4, 0.5) is 0 Å². The fraction of sp³-hybridized carbons (Fsp3) is 0.158. The highest BCUT2D eigenvalue weighted by Crippen LogP contribution is 2.25. The van der Waals surface area contributed by atoms with Gasteiger partial charge in [0, 0.05) is 17.0 Å². The van der Waals surface area contributed by atoms with Crippen LogP contribution in [0, 0.1) is 0 Å². The van der Waals surface area contributed by atoms with Gasteiger partial charge in [-0.1, -0.05) is 30.3 Å². The lowest BCUT2D eigenvalue weighted by Crippen LogP contribution is -2.06. The van der Waals surface area contributed by atoms with Gasteiger partial charge in [-0.3, -0.25) is 0 Å². The van der Waals surface area contributed by atoms with E-state index in [9.17, 15) is 4.79 Å². The average Bonchev–Trinajstić information content (AvgIpc) is 3.15. The lowest BCUT2D eigenvalue weighted by Gasteiger charge is -2.08. The molecule has 0 aliphatic carbocycles. The zero-order valence-electron chi connectivity index (χ0n) is 13.9. The molecule has 3 aromatic rings. The number of methoxy groups -OCH3 is 2. The van der Waals surface area contributed by atoms with Crippen LogP contribution in [0.25, 0.3) is 10.6 Å². The van der Waals surface area contributed by atoms with Gasteiger partial charge in [-0.2, -0.15) is 0 Å². The van der Waals surface area contributed by atoms with Crippen molar-refractivity contribution < 1.29 is 19.0 Å². The summed E-state index contributed by atoms with van der Waals surface area (Å²) in [6.45, 7) is 0.113. The predicted molar refractivity (Wildman–Crippen MR) is 96.2 cm³/mol. The summed E-state index contributed by atoms with van der Waals surface area (Å²) in [6, 6.07) is 14.8. The first-order chi connectivity index (χ1) is 12.2. The molecule has 0 atom stereocenters. The third-order valence-electron chi connectivity index (χ3n) is 3.51. The highest BCUT2D eigenvalue weighted by molar-refractivity contribution is 7.13. The number of esters is 1. The molecule has 0 saturated heterocycles. The lowest BCUT2D eigenvalue weighted by molar-refractivity contribution is 0.0467. The maximum atomic E-state index is 12.3. The highest BCUT2D eigenvalue weighted by Gasteiger charge is 2.13. The number of aromatic nitrogens is 1. The van der Waals surface area contributed by atoms with Crippen molar-refractivity contribution in [3.8, 4) is 22.1 Å². The van der Waals surface area contributed by atoms with Crippen molar-refractivity contribution in [3.05, 3.63) is 65.2 Å². The third kappa shape index (κ3) is 4.16. The Hall–Kier alpha value is -2.86. The van der Waals surface area contributed by atoms with E-state index < -0.39 is 5.97 Å². The highest BCUT2D eigenvalue weighted by atomic mass is 32.1. The predicted octanol–water partition coefficient (Wildman–Crippen LogP) is 4.18. The van der Waals surface area contributed by atoms with Gasteiger partial charge >= 0.3 is 5.97 Å². The molecule has 0 spiro atoms. The second kappa shape index (κ2) is 7.81. The van der Waals surface area contributed by atoms with E-state index in [-0.39, 0.29) is 6.61 Å². The van der Waals surface area contributed by atoms with Crippen LogP contribution < -0.4 is 9.47 Å². The van der Waals surface area contributed by atoms with Gasteiger partial charge in [-0.05, 0) is 12.1 Å². The van der Waals surface area contributed by atoms with Crippen molar-refractivity contribution in [2.45, 2.75) is 6.61 Å². The minimum atomic E-state index is -0.452. The van der Waals surface area contributed by atoms with E-state index in [0.717, 1.165) is 10.6 Å². The van der Waals surface area contributed by atoms with Crippen molar-refractivity contribution >= 4 is 17.3 Å². The number of hydrogen-bond donors (Lipinski definition) is 0. The van der Waals surface area contributed by atoms with Crippen molar-refractivity contribution in [2.24, 2.45) is 0 Å². The molecule has 0 aliphatic rings. The zero-order chi connectivity index (χ0) is 17.6. The Bertz CT molecular complexity index is 839. The lowest BCUT2D eigenvalue weighted by atomic mass is 10.2. The summed E-state index contributed by atoms with van der Waals surface area (Å²) < 4.78 is 15.7. The van der Waals surface area contributed by atoms with Crippen LogP contribution >= 0.6 is 11.3 Å². The van der Waals surface area contributed by atoms with E-state index in [1.807, 2.05) is 35.7 Å². The molecular weight excluding hydrogens is 338 g/mol. The molecule has 1 aromatic heterocycles. The van der Waals surface area contributed by atoms with E-state index in [2.05, 4.69) is 4.98 Å². The van der Waals surface area contributed by atoms with E-state index in [4.69, 9.17) is 14.2 Å². The number of carbonyl (C=O) groups is 1. The molecule has 128 valence electrons. The average molecular weight is 355 g/mol. The molecule has 0 unspecified atom stereocenters. The minimum Gasteiger partial charge on any atom is -0.497 e. The van der Waals surface area contributed by atoms with Crippen LogP contribution in [0.5, 0.6) is 11.5 Å². The van der Waals surface area contributed by atoms with Crippen LogP contribution in [0.15, 0.2) is 53.9 Å². The topological polar surface area (TPSA) is 57.7 Å². The Labute approximate surface area is 149 Å². The molecule has 25 heavy (non-hydrogen) atoms. The molecule has 0 N–H and O–H groups in total. The molecule has 1 heterocycles. The van der Waals surface area contributed by atoms with Gasteiger partial charge in [0.2, 0.25) is 0 Å². The van der Waals surface area contributed by atoms with E-state index in [1.54, 1.807) is 18.2 Å². The molecule has 3 rings (SSSR count). The van der Waals surface area contributed by atoms with Crippen LogP contribution in [0.3, 0.4) is 0 Å². The summed E-state index contributed by atoms with van der Waals surface area (Å²) in [5.74, 6) is 0.615. The van der Waals surface area contributed by atoms with Crippen molar-refractivity contribution in [1.82, 2.24) is 4.98 Å². The van der Waals surface area contributed by atoms with Crippen molar-refractivity contribution in [1.29, 1.82) is 0 Å². The second-order valence-electron chi connectivity index (χ2n) is 5.19. The van der Waals surface area contributed by atoms with Gasteiger partial charge in [-0.25, -0.2) is 9.78 Å². The third-order valence-corrected chi connectivity index (χ3v) is 4.45. The Balaban J connectivity index is 1.68.